The molecule has 12 heteroatoms. The van der Waals surface area contributed by atoms with Gasteiger partial charge in [-0.05, 0) is 65.0 Å². The number of amides is 2. The van der Waals surface area contributed by atoms with Gasteiger partial charge in [-0.2, -0.15) is 0 Å². The van der Waals surface area contributed by atoms with E-state index in [1.807, 2.05) is 22.6 Å². The number of carbonyl (C=O) groups is 3. The van der Waals surface area contributed by atoms with Crippen LogP contribution in [0, 0.1) is 13.7 Å². The summed E-state index contributed by atoms with van der Waals surface area (Å²) in [6.45, 7) is 1.62. The first-order valence-corrected chi connectivity index (χ1v) is 11.8. The van der Waals surface area contributed by atoms with Crippen LogP contribution in [0.25, 0.3) is 6.08 Å². The second-order valence-corrected chi connectivity index (χ2v) is 8.94. The highest BCUT2D eigenvalue weighted by Crippen LogP contribution is 2.38. The van der Waals surface area contributed by atoms with Crippen LogP contribution in [0.4, 0.5) is 10.5 Å². The first-order chi connectivity index (χ1) is 16.2. The average molecular weight is 598 g/mol. The van der Waals surface area contributed by atoms with Gasteiger partial charge in [-0.3, -0.25) is 24.6 Å². The van der Waals surface area contributed by atoms with E-state index in [4.69, 9.17) is 9.47 Å². The fourth-order valence-electron chi connectivity index (χ4n) is 3.04. The smallest absolute Gasteiger partial charge is 0.343 e. The van der Waals surface area contributed by atoms with Crippen LogP contribution in [-0.2, 0) is 20.9 Å². The number of halogens is 1. The highest BCUT2D eigenvalue weighted by Gasteiger charge is 2.36. The minimum atomic E-state index is -0.550. The zero-order valence-corrected chi connectivity index (χ0v) is 21.1. The molecule has 2 aromatic rings. The second-order valence-electron chi connectivity index (χ2n) is 6.78. The number of para-hydroxylation sites is 1. The Bertz CT molecular complexity index is 1180. The topological polar surface area (TPSA) is 125 Å². The quantitative estimate of drug-likeness (QED) is 0.136. The maximum atomic E-state index is 12.9. The number of benzene rings is 2. The van der Waals surface area contributed by atoms with Crippen molar-refractivity contribution in [2.24, 2.45) is 0 Å². The highest BCUT2D eigenvalue weighted by atomic mass is 127. The predicted molar refractivity (Wildman–Crippen MR) is 132 cm³/mol. The molecule has 0 N–H and O–H groups in total. The molecule has 178 valence electrons. The Kier molecular flexibility index (Phi) is 8.50. The van der Waals surface area contributed by atoms with E-state index in [-0.39, 0.29) is 29.3 Å². The van der Waals surface area contributed by atoms with Gasteiger partial charge < -0.3 is 14.2 Å². The van der Waals surface area contributed by atoms with Crippen LogP contribution in [0.5, 0.6) is 11.5 Å². The van der Waals surface area contributed by atoms with Crippen LogP contribution in [-0.4, -0.2) is 47.3 Å². The molecule has 0 spiro atoms. The van der Waals surface area contributed by atoms with Crippen molar-refractivity contribution in [2.75, 3.05) is 20.3 Å². The van der Waals surface area contributed by atoms with Crippen molar-refractivity contribution < 1.29 is 33.5 Å². The normalized spacial score (nSPS) is 14.4. The van der Waals surface area contributed by atoms with Crippen molar-refractivity contribution in [3.8, 4) is 11.5 Å². The van der Waals surface area contributed by atoms with Gasteiger partial charge in [-0.25, -0.2) is 4.79 Å². The summed E-state index contributed by atoms with van der Waals surface area (Å²) in [5, 5.41) is 10.7. The Morgan fingerprint density at radius 3 is 2.65 bits per heavy atom. The number of methoxy groups -OCH3 is 1. The van der Waals surface area contributed by atoms with Crippen molar-refractivity contribution in [1.29, 1.82) is 0 Å². The maximum Gasteiger partial charge on any atom is 0.343 e. The van der Waals surface area contributed by atoms with Crippen molar-refractivity contribution in [2.45, 2.75) is 13.5 Å². The summed E-state index contributed by atoms with van der Waals surface area (Å²) in [7, 11) is 1.26. The minimum absolute atomic E-state index is 0.163. The van der Waals surface area contributed by atoms with Crippen LogP contribution in [0.3, 0.4) is 0 Å². The number of imide groups is 1. The van der Waals surface area contributed by atoms with Crippen LogP contribution in [0.2, 0.25) is 0 Å². The van der Waals surface area contributed by atoms with Crippen LogP contribution in [0.1, 0.15) is 18.1 Å². The van der Waals surface area contributed by atoms with Crippen molar-refractivity contribution in [1.82, 2.24) is 4.90 Å². The maximum absolute atomic E-state index is 12.9. The molecular weight excluding hydrogens is 579 g/mol. The molecule has 0 bridgehead atoms. The zero-order valence-electron chi connectivity index (χ0n) is 18.1. The molecule has 0 aromatic heterocycles. The second kappa shape index (κ2) is 11.3. The fourth-order valence-corrected chi connectivity index (χ4v) is 4.66. The van der Waals surface area contributed by atoms with Gasteiger partial charge in [0.05, 0.1) is 33.7 Å². The largest absolute Gasteiger partial charge is 0.490 e. The number of carbonyl (C=O) groups excluding carboxylic acids is 3. The van der Waals surface area contributed by atoms with E-state index < -0.39 is 22.0 Å². The molecule has 0 atom stereocenters. The predicted octanol–water partition coefficient (Wildman–Crippen LogP) is 4.39. The number of rotatable bonds is 9. The Balaban J connectivity index is 1.87. The summed E-state index contributed by atoms with van der Waals surface area (Å²) in [5.41, 5.74) is 0.676. The summed E-state index contributed by atoms with van der Waals surface area (Å²) >= 11 is 2.77. The van der Waals surface area contributed by atoms with E-state index in [0.717, 1.165) is 16.7 Å². The average Bonchev–Trinajstić information content (AvgIpc) is 3.06. The van der Waals surface area contributed by atoms with Gasteiger partial charge in [0.15, 0.2) is 18.1 Å². The van der Waals surface area contributed by atoms with Gasteiger partial charge in [-0.15, -0.1) is 0 Å². The highest BCUT2D eigenvalue weighted by molar-refractivity contribution is 14.1. The number of ether oxygens (including phenoxy) is 3. The molecule has 0 unspecified atom stereocenters. The number of nitro groups is 1. The first-order valence-electron chi connectivity index (χ1n) is 9.88. The van der Waals surface area contributed by atoms with E-state index in [1.54, 1.807) is 31.2 Å². The third-order valence-corrected chi connectivity index (χ3v) is 6.29. The molecule has 2 aromatic carbocycles. The van der Waals surface area contributed by atoms with E-state index in [9.17, 15) is 24.5 Å². The van der Waals surface area contributed by atoms with E-state index >= 15 is 0 Å². The lowest BCUT2D eigenvalue weighted by molar-refractivity contribution is -0.385. The molecule has 34 heavy (non-hydrogen) atoms. The van der Waals surface area contributed by atoms with Gasteiger partial charge >= 0.3 is 5.97 Å². The third kappa shape index (κ3) is 5.86. The molecule has 3 rings (SSSR count). The Morgan fingerprint density at radius 1 is 1.24 bits per heavy atom. The van der Waals surface area contributed by atoms with Gasteiger partial charge in [0.1, 0.15) is 0 Å². The first kappa shape index (κ1) is 25.5. The van der Waals surface area contributed by atoms with Crippen molar-refractivity contribution in [3.05, 3.63) is 66.1 Å². The number of esters is 1. The zero-order chi connectivity index (χ0) is 24.8. The van der Waals surface area contributed by atoms with Crippen LogP contribution < -0.4 is 9.47 Å². The van der Waals surface area contributed by atoms with Gasteiger partial charge in [0, 0.05) is 11.6 Å². The van der Waals surface area contributed by atoms with E-state index in [1.165, 1.54) is 25.3 Å². The SMILES string of the molecule is CCOc1cc(C=C2SC(=O)N(Cc3ccccc3[N+](=O)[O-])C2=O)cc(I)c1OCC(=O)OC. The molecule has 2 amide bonds. The van der Waals surface area contributed by atoms with E-state index in [2.05, 4.69) is 4.74 Å². The molecule has 1 fully saturated rings. The number of hydrogen-bond donors (Lipinski definition) is 0. The number of nitro benzene ring substituents is 1. The lowest BCUT2D eigenvalue weighted by atomic mass is 10.1. The monoisotopic (exact) mass is 598 g/mol. The summed E-state index contributed by atoms with van der Waals surface area (Å²) in [6, 6.07) is 9.31. The molecule has 1 heterocycles. The number of nitrogens with zero attached hydrogens (tertiary/aromatic N) is 2. The molecule has 1 aliphatic rings. The lowest BCUT2D eigenvalue weighted by Crippen LogP contribution is -2.27. The molecule has 1 aliphatic heterocycles. The van der Waals surface area contributed by atoms with Gasteiger partial charge in [0.25, 0.3) is 16.8 Å². The summed E-state index contributed by atoms with van der Waals surface area (Å²) in [6.07, 6.45) is 1.54. The van der Waals surface area contributed by atoms with Crippen molar-refractivity contribution >= 4 is 63.2 Å². The van der Waals surface area contributed by atoms with Crippen LogP contribution >= 0.6 is 34.4 Å². The summed E-state index contributed by atoms with van der Waals surface area (Å²) in [4.78, 5) is 48.7. The molecule has 0 aliphatic carbocycles. The minimum Gasteiger partial charge on any atom is -0.490 e. The standard InChI is InChI=1S/C22H19IN2O8S/c1-3-32-17-9-13(8-15(23)20(17)33-12-19(26)31-2)10-18-21(27)24(22(28)34-18)11-14-6-4-5-7-16(14)25(29)30/h4-10H,3,11-12H2,1-2H3. The molecule has 1 saturated heterocycles. The molecule has 0 radical (unpaired) electrons. The lowest BCUT2D eigenvalue weighted by Gasteiger charge is -2.14. The molecule has 0 saturated carbocycles. The van der Waals surface area contributed by atoms with E-state index in [0.29, 0.717) is 27.2 Å². The molecular formula is C22H19IN2O8S. The van der Waals surface area contributed by atoms with Gasteiger partial charge in [-0.1, -0.05) is 18.2 Å². The summed E-state index contributed by atoms with van der Waals surface area (Å²) < 4.78 is 16.4. The van der Waals surface area contributed by atoms with Gasteiger partial charge in [0.2, 0.25) is 0 Å². The Labute approximate surface area is 212 Å². The molecule has 10 nitrogen and oxygen atoms in total. The number of thioether (sulfide) groups is 1. The van der Waals surface area contributed by atoms with Crippen molar-refractivity contribution in [3.63, 3.8) is 0 Å². The Morgan fingerprint density at radius 2 is 1.97 bits per heavy atom. The third-order valence-electron chi connectivity index (χ3n) is 4.58. The van der Waals surface area contributed by atoms with Crippen LogP contribution in [0.15, 0.2) is 41.3 Å². The number of hydrogen-bond acceptors (Lipinski definition) is 9. The summed E-state index contributed by atoms with van der Waals surface area (Å²) in [5.74, 6) is -0.375. The fraction of sp³-hybridized carbons (Fsp3) is 0.227. The Hall–Kier alpha value is -3.13.